The molecule has 0 saturated heterocycles. The Morgan fingerprint density at radius 3 is 1.36 bits per heavy atom. The summed E-state index contributed by atoms with van der Waals surface area (Å²) in [6.45, 7) is 19.3. The molecule has 0 aromatic carbocycles. The van der Waals surface area contributed by atoms with Gasteiger partial charge in [-0.05, 0) is 93.4 Å². The Morgan fingerprint density at radius 1 is 0.622 bits per heavy atom. The van der Waals surface area contributed by atoms with Crippen LogP contribution in [0, 0.1) is 13.8 Å². The van der Waals surface area contributed by atoms with Crippen molar-refractivity contribution in [3.8, 4) is 0 Å². The summed E-state index contributed by atoms with van der Waals surface area (Å²) in [5.74, 6) is -2.99. The Hall–Kier alpha value is -4.68. The molecule has 0 aliphatic rings. The molecule has 2 N–H and O–H groups in total. The zero-order chi connectivity index (χ0) is 34.7. The number of ether oxygens (including phenoxy) is 5. The van der Waals surface area contributed by atoms with Crippen LogP contribution in [0.1, 0.15) is 131 Å². The van der Waals surface area contributed by atoms with Gasteiger partial charge in [0.2, 0.25) is 0 Å². The van der Waals surface area contributed by atoms with Gasteiger partial charge in [-0.15, -0.1) is 0 Å². The van der Waals surface area contributed by atoms with E-state index in [-0.39, 0.29) is 53.7 Å². The molecule has 2 rings (SSSR count). The maximum absolute atomic E-state index is 12.3. The molecule has 0 fully saturated rings. The summed E-state index contributed by atoms with van der Waals surface area (Å²) in [6.07, 6.45) is 3.04. The zero-order valence-electron chi connectivity index (χ0n) is 27.8. The van der Waals surface area contributed by atoms with Crippen LogP contribution in [0.15, 0.2) is 6.08 Å². The summed E-state index contributed by atoms with van der Waals surface area (Å²) in [5.41, 5.74) is 0.180. The predicted molar refractivity (Wildman–Crippen MR) is 164 cm³/mol. The van der Waals surface area contributed by atoms with Gasteiger partial charge in [-0.25, -0.2) is 24.0 Å². The summed E-state index contributed by atoms with van der Waals surface area (Å²) >= 11 is 0. The molecule has 0 unspecified atom stereocenters. The topological polar surface area (TPSA) is 180 Å². The second kappa shape index (κ2) is 16.4. The molecule has 2 aromatic rings. The number of H-pyrrole nitrogens is 2. The number of nitrogens with one attached hydrogen (secondary N) is 2. The van der Waals surface area contributed by atoms with E-state index >= 15 is 0 Å². The highest BCUT2D eigenvalue weighted by Gasteiger charge is 2.29. The van der Waals surface area contributed by atoms with Crippen LogP contribution in [-0.4, -0.2) is 77.1 Å². The lowest BCUT2D eigenvalue weighted by Crippen LogP contribution is -2.24. The van der Waals surface area contributed by atoms with Gasteiger partial charge in [0.15, 0.2) is 6.29 Å². The molecule has 0 saturated carbocycles. The van der Waals surface area contributed by atoms with Crippen molar-refractivity contribution >= 4 is 42.2 Å². The second-order valence-electron chi connectivity index (χ2n) is 11.5. The summed E-state index contributed by atoms with van der Waals surface area (Å²) in [5, 5.41) is 0. The monoisotopic (exact) mass is 632 g/mol. The minimum absolute atomic E-state index is 0.0156. The van der Waals surface area contributed by atoms with E-state index in [1.807, 2.05) is 0 Å². The number of esters is 5. The molecular formula is C32H44N2O11. The van der Waals surface area contributed by atoms with Gasteiger partial charge in [0.05, 0.1) is 42.3 Å². The molecule has 13 nitrogen and oxygen atoms in total. The van der Waals surface area contributed by atoms with Crippen LogP contribution in [0.25, 0.3) is 6.08 Å². The van der Waals surface area contributed by atoms with E-state index in [2.05, 4.69) is 9.97 Å². The number of aromatic amines is 2. The quantitative estimate of drug-likeness (QED) is 0.150. The lowest BCUT2D eigenvalue weighted by Gasteiger charge is -2.19. The lowest BCUT2D eigenvalue weighted by atomic mass is 10.1. The van der Waals surface area contributed by atoms with E-state index in [0.29, 0.717) is 17.4 Å². The third-order valence-corrected chi connectivity index (χ3v) is 5.51. The van der Waals surface area contributed by atoms with Crippen molar-refractivity contribution < 1.29 is 52.5 Å². The van der Waals surface area contributed by atoms with Crippen LogP contribution in [0.3, 0.4) is 0 Å². The normalized spacial score (nSPS) is 11.3. The number of aromatic nitrogens is 2. The summed E-state index contributed by atoms with van der Waals surface area (Å²) in [6, 6.07) is 0. The maximum Gasteiger partial charge on any atom is 0.355 e. The van der Waals surface area contributed by atoms with Crippen LogP contribution >= 0.6 is 0 Å². The van der Waals surface area contributed by atoms with Crippen LogP contribution in [-0.2, 0) is 28.5 Å². The van der Waals surface area contributed by atoms with Gasteiger partial charge < -0.3 is 33.7 Å². The fourth-order valence-corrected chi connectivity index (χ4v) is 3.79. The Bertz CT molecular complexity index is 1430. The number of carbonyl (C=O) groups excluding carboxylic acids is 6. The molecule has 0 aliphatic heterocycles. The highest BCUT2D eigenvalue weighted by Crippen LogP contribution is 2.24. The van der Waals surface area contributed by atoms with Gasteiger partial charge >= 0.3 is 29.8 Å². The first-order chi connectivity index (χ1) is 20.8. The molecule has 2 heterocycles. The molecular weight excluding hydrogens is 588 g/mol. The second-order valence-corrected chi connectivity index (χ2v) is 11.5. The third kappa shape index (κ3) is 11.4. The fraction of sp³-hybridized carbons (Fsp3) is 0.500. The molecule has 0 amide bonds. The summed E-state index contributed by atoms with van der Waals surface area (Å²) in [7, 11) is 0. The van der Waals surface area contributed by atoms with Gasteiger partial charge in [-0.3, -0.25) is 4.79 Å². The Kier molecular flexibility index (Phi) is 14.0. The number of rotatable bonds is 10. The first-order valence-electron chi connectivity index (χ1n) is 14.4. The smallest absolute Gasteiger partial charge is 0.355 e. The average molecular weight is 633 g/mol. The van der Waals surface area contributed by atoms with Crippen LogP contribution in [0.5, 0.6) is 0 Å². The van der Waals surface area contributed by atoms with E-state index in [9.17, 15) is 28.8 Å². The Balaban J connectivity index is 0.000000461. The minimum Gasteiger partial charge on any atom is -0.463 e. The highest BCUT2D eigenvalue weighted by molar-refractivity contribution is 6.03. The average Bonchev–Trinajstić information content (AvgIpc) is 3.42. The largest absolute Gasteiger partial charge is 0.463 e. The highest BCUT2D eigenvalue weighted by atomic mass is 16.6. The zero-order valence-corrected chi connectivity index (χ0v) is 27.8. The first-order valence-corrected chi connectivity index (χ1v) is 14.4. The Labute approximate surface area is 263 Å². The Morgan fingerprint density at radius 2 is 1.00 bits per heavy atom. The number of hydrogen-bond acceptors (Lipinski definition) is 11. The molecule has 45 heavy (non-hydrogen) atoms. The van der Waals surface area contributed by atoms with Crippen molar-refractivity contribution in [2.24, 2.45) is 0 Å². The van der Waals surface area contributed by atoms with E-state index in [1.54, 1.807) is 76.2 Å². The van der Waals surface area contributed by atoms with Gasteiger partial charge in [0.25, 0.3) is 0 Å². The van der Waals surface area contributed by atoms with E-state index < -0.39 is 41.0 Å². The molecule has 2 aromatic heterocycles. The molecule has 0 atom stereocenters. The fourth-order valence-electron chi connectivity index (χ4n) is 3.79. The SMILES string of the molecule is CCOC(=O)C=Cc1[nH]c(C(=O)OC(C)(C)C)c(C)c1C(=O)OCC.CCOC(=O)c1c(C=O)[nH]c(C(=O)OC(C)(C)C)c1C. The van der Waals surface area contributed by atoms with Crippen molar-refractivity contribution in [1.29, 1.82) is 0 Å². The molecule has 13 heteroatoms. The molecule has 0 bridgehead atoms. The van der Waals surface area contributed by atoms with E-state index in [4.69, 9.17) is 23.7 Å². The van der Waals surface area contributed by atoms with Crippen molar-refractivity contribution in [2.75, 3.05) is 19.8 Å². The van der Waals surface area contributed by atoms with Crippen LogP contribution in [0.2, 0.25) is 0 Å². The summed E-state index contributed by atoms with van der Waals surface area (Å²) < 4.78 is 25.3. The lowest BCUT2D eigenvalue weighted by molar-refractivity contribution is -0.137. The van der Waals surface area contributed by atoms with E-state index in [1.165, 1.54) is 12.2 Å². The molecule has 248 valence electrons. The van der Waals surface area contributed by atoms with E-state index in [0.717, 1.165) is 0 Å². The standard InChI is InChI=1S/C18H25NO6.C14H19NO5/c1-7-23-13(20)10-9-12-14(16(21)24-8-2)11(3)15(19-12)17(22)25-18(4,5)6;1-6-19-12(17)10-8(2)11(15-9(10)7-16)13(18)20-14(3,4)5/h9-10,19H,7-8H2,1-6H3;7,15H,6H2,1-5H3. The molecule has 0 aliphatic carbocycles. The number of aldehydes is 1. The molecule has 0 radical (unpaired) electrons. The third-order valence-electron chi connectivity index (χ3n) is 5.51. The van der Waals surface area contributed by atoms with Gasteiger partial charge in [-0.1, -0.05) is 0 Å². The summed E-state index contributed by atoms with van der Waals surface area (Å²) in [4.78, 5) is 76.4. The van der Waals surface area contributed by atoms with Crippen LogP contribution < -0.4 is 0 Å². The van der Waals surface area contributed by atoms with Crippen molar-refractivity contribution in [3.05, 3.63) is 51.1 Å². The van der Waals surface area contributed by atoms with Gasteiger partial charge in [0, 0.05) is 6.08 Å². The predicted octanol–water partition coefficient (Wildman–Crippen LogP) is 5.30. The van der Waals surface area contributed by atoms with Gasteiger partial charge in [0.1, 0.15) is 22.6 Å². The van der Waals surface area contributed by atoms with Gasteiger partial charge in [-0.2, -0.15) is 0 Å². The maximum atomic E-state index is 12.3. The first kappa shape index (κ1) is 38.3. The van der Waals surface area contributed by atoms with Crippen molar-refractivity contribution in [3.63, 3.8) is 0 Å². The minimum atomic E-state index is -0.681. The number of carbonyl (C=O) groups is 6. The van der Waals surface area contributed by atoms with Crippen LogP contribution in [0.4, 0.5) is 0 Å². The number of hydrogen-bond donors (Lipinski definition) is 2. The van der Waals surface area contributed by atoms with Crippen molar-refractivity contribution in [2.45, 2.75) is 87.4 Å². The molecule has 0 spiro atoms. The van der Waals surface area contributed by atoms with Crippen molar-refractivity contribution in [1.82, 2.24) is 9.97 Å².